The number of hydrogen-bond acceptors (Lipinski definition) is 1. The molecule has 0 saturated carbocycles. The van der Waals surface area contributed by atoms with Crippen molar-refractivity contribution in [2.75, 3.05) is 0 Å². The van der Waals surface area contributed by atoms with Gasteiger partial charge in [0.25, 0.3) is 0 Å². The predicted octanol–water partition coefficient (Wildman–Crippen LogP) is 3.31. The van der Waals surface area contributed by atoms with E-state index in [2.05, 4.69) is 31.9 Å². The smallest absolute Gasteiger partial charge is 0.174 e. The van der Waals surface area contributed by atoms with Crippen LogP contribution in [0.5, 0.6) is 0 Å². The molecular weight excluding hydrogens is 296 g/mol. The molecule has 0 aliphatic heterocycles. The van der Waals surface area contributed by atoms with Gasteiger partial charge in [-0.1, -0.05) is 22.0 Å². The van der Waals surface area contributed by atoms with E-state index in [1.54, 1.807) is 0 Å². The first-order valence-corrected chi connectivity index (χ1v) is 5.44. The molecule has 0 aromatic heterocycles. The van der Waals surface area contributed by atoms with Crippen molar-refractivity contribution in [2.24, 2.45) is 0 Å². The van der Waals surface area contributed by atoms with Crippen LogP contribution in [0.3, 0.4) is 0 Å². The van der Waals surface area contributed by atoms with Crippen LogP contribution in [0, 0.1) is 0 Å². The van der Waals surface area contributed by atoms with E-state index in [1.807, 2.05) is 24.3 Å². The van der Waals surface area contributed by atoms with Gasteiger partial charge in [0, 0.05) is 10.9 Å². The fraction of sp³-hybridized carbons (Fsp3) is 0.100. The van der Waals surface area contributed by atoms with Crippen molar-refractivity contribution in [3.63, 3.8) is 0 Å². The molecule has 2 rings (SSSR count). The number of allylic oxidation sites excluding steroid dienone is 1. The maximum absolute atomic E-state index is 11.3. The zero-order chi connectivity index (χ0) is 9.42. The third-order valence-corrected chi connectivity index (χ3v) is 3.17. The quantitative estimate of drug-likeness (QED) is 0.718. The average Bonchev–Trinajstić information content (AvgIpc) is 2.08. The van der Waals surface area contributed by atoms with Crippen LogP contribution in [0.1, 0.15) is 11.1 Å². The van der Waals surface area contributed by atoms with E-state index >= 15 is 0 Å². The summed E-state index contributed by atoms with van der Waals surface area (Å²) < 4.78 is 1.70. The van der Waals surface area contributed by atoms with Crippen molar-refractivity contribution in [1.29, 1.82) is 0 Å². The minimum Gasteiger partial charge on any atom is -0.293 e. The second kappa shape index (κ2) is 3.39. The highest BCUT2D eigenvalue weighted by Gasteiger charge is 2.15. The van der Waals surface area contributed by atoms with Gasteiger partial charge in [0.05, 0.1) is 4.48 Å². The number of carbonyl (C=O) groups is 1. The molecule has 1 nitrogen and oxygen atoms in total. The molecule has 0 radical (unpaired) electrons. The van der Waals surface area contributed by atoms with Crippen LogP contribution in [-0.2, 0) is 11.2 Å². The topological polar surface area (TPSA) is 17.1 Å². The number of benzene rings is 1. The van der Waals surface area contributed by atoms with Gasteiger partial charge >= 0.3 is 0 Å². The largest absolute Gasteiger partial charge is 0.293 e. The first-order chi connectivity index (χ1) is 6.16. The van der Waals surface area contributed by atoms with Crippen LogP contribution in [0.4, 0.5) is 0 Å². The van der Waals surface area contributed by atoms with Crippen molar-refractivity contribution in [3.8, 4) is 0 Å². The number of fused-ring (bicyclic) bond motifs is 1. The Balaban J connectivity index is 2.57. The van der Waals surface area contributed by atoms with Gasteiger partial charge in [-0.3, -0.25) is 4.79 Å². The van der Waals surface area contributed by atoms with Gasteiger partial charge in [-0.15, -0.1) is 0 Å². The summed E-state index contributed by atoms with van der Waals surface area (Å²) >= 11 is 6.64. The highest BCUT2D eigenvalue weighted by molar-refractivity contribution is 9.12. The molecule has 0 bridgehead atoms. The lowest BCUT2D eigenvalue weighted by atomic mass is 9.97. The van der Waals surface area contributed by atoms with Crippen LogP contribution >= 0.6 is 31.9 Å². The van der Waals surface area contributed by atoms with Crippen LogP contribution in [0.2, 0.25) is 0 Å². The number of halogens is 2. The Morgan fingerprint density at radius 1 is 1.23 bits per heavy atom. The number of rotatable bonds is 0. The first-order valence-electron chi connectivity index (χ1n) is 3.85. The Morgan fingerprint density at radius 2 is 2.00 bits per heavy atom. The Labute approximate surface area is 93.1 Å². The molecular formula is C10H6Br2O. The molecule has 0 heterocycles. The van der Waals surface area contributed by atoms with Crippen LogP contribution < -0.4 is 0 Å². The summed E-state index contributed by atoms with van der Waals surface area (Å²) in [6, 6.07) is 5.95. The molecule has 0 saturated heterocycles. The number of Topliss-reactive ketones (excluding diaryl/α,β-unsaturated/α-hetero) is 1. The SMILES string of the molecule is O=C1Cc2ccc(Br)cc2C=C1Br. The number of hydrogen-bond donors (Lipinski definition) is 0. The second-order valence-corrected chi connectivity index (χ2v) is 4.71. The molecule has 0 amide bonds. The van der Waals surface area contributed by atoms with E-state index in [4.69, 9.17) is 0 Å². The predicted molar refractivity (Wildman–Crippen MR) is 59.8 cm³/mol. The minimum atomic E-state index is 0.148. The molecule has 3 heteroatoms. The number of ketones is 1. The monoisotopic (exact) mass is 300 g/mol. The highest BCUT2D eigenvalue weighted by Crippen LogP contribution is 2.27. The van der Waals surface area contributed by atoms with Crippen molar-refractivity contribution in [3.05, 3.63) is 38.3 Å². The molecule has 0 N–H and O–H groups in total. The van der Waals surface area contributed by atoms with E-state index < -0.39 is 0 Å². The van der Waals surface area contributed by atoms with Gasteiger partial charge in [0.2, 0.25) is 0 Å². The summed E-state index contributed by atoms with van der Waals surface area (Å²) in [7, 11) is 0. The zero-order valence-electron chi connectivity index (χ0n) is 6.68. The second-order valence-electron chi connectivity index (χ2n) is 2.94. The summed E-state index contributed by atoms with van der Waals surface area (Å²) in [6.45, 7) is 0. The molecule has 1 aliphatic carbocycles. The average molecular weight is 302 g/mol. The van der Waals surface area contributed by atoms with Crippen molar-refractivity contribution in [2.45, 2.75) is 6.42 Å². The van der Waals surface area contributed by atoms with Crippen LogP contribution in [0.15, 0.2) is 27.2 Å². The van der Waals surface area contributed by atoms with E-state index in [0.29, 0.717) is 10.9 Å². The summed E-state index contributed by atoms with van der Waals surface area (Å²) in [5.74, 6) is 0.148. The van der Waals surface area contributed by atoms with Gasteiger partial charge in [0.1, 0.15) is 0 Å². The molecule has 0 unspecified atom stereocenters. The third kappa shape index (κ3) is 1.76. The van der Waals surface area contributed by atoms with Gasteiger partial charge in [-0.25, -0.2) is 0 Å². The minimum absolute atomic E-state index is 0.148. The van der Waals surface area contributed by atoms with Gasteiger partial charge in [0.15, 0.2) is 5.78 Å². The molecule has 0 spiro atoms. The Morgan fingerprint density at radius 3 is 2.77 bits per heavy atom. The Kier molecular flexibility index (Phi) is 2.39. The standard InChI is InChI=1S/C10H6Br2O/c11-8-2-1-6-5-10(13)9(12)4-7(6)3-8/h1-4H,5H2. The molecule has 1 aliphatic rings. The van der Waals surface area contributed by atoms with Crippen molar-refractivity contribution in [1.82, 2.24) is 0 Å². The molecule has 0 fully saturated rings. The maximum Gasteiger partial charge on any atom is 0.174 e. The van der Waals surface area contributed by atoms with Gasteiger partial charge in [-0.05, 0) is 45.3 Å². The lowest BCUT2D eigenvalue weighted by Gasteiger charge is -2.11. The molecule has 1 aromatic rings. The third-order valence-electron chi connectivity index (χ3n) is 2.01. The van der Waals surface area contributed by atoms with Crippen molar-refractivity contribution < 1.29 is 4.79 Å². The Bertz CT molecular complexity index is 407. The van der Waals surface area contributed by atoms with Crippen molar-refractivity contribution >= 4 is 43.7 Å². The summed E-state index contributed by atoms with van der Waals surface area (Å²) in [6.07, 6.45) is 2.37. The highest BCUT2D eigenvalue weighted by atomic mass is 79.9. The fourth-order valence-electron chi connectivity index (χ4n) is 1.34. The summed E-state index contributed by atoms with van der Waals surface area (Å²) in [4.78, 5) is 11.3. The normalized spacial score (nSPS) is 15.2. The van der Waals surface area contributed by atoms with E-state index in [-0.39, 0.29) is 5.78 Å². The van der Waals surface area contributed by atoms with Crippen LogP contribution in [-0.4, -0.2) is 5.78 Å². The van der Waals surface area contributed by atoms with E-state index in [9.17, 15) is 4.79 Å². The molecule has 0 atom stereocenters. The lowest BCUT2D eigenvalue weighted by Crippen LogP contribution is -2.08. The fourth-order valence-corrected chi connectivity index (χ4v) is 2.10. The Hall–Kier alpha value is -0.410. The maximum atomic E-state index is 11.3. The summed E-state index contributed by atoms with van der Waals surface area (Å²) in [5.41, 5.74) is 2.21. The van der Waals surface area contributed by atoms with E-state index in [1.165, 1.54) is 0 Å². The van der Waals surface area contributed by atoms with Gasteiger partial charge in [-0.2, -0.15) is 0 Å². The number of carbonyl (C=O) groups excluding carboxylic acids is 1. The van der Waals surface area contributed by atoms with Crippen LogP contribution in [0.25, 0.3) is 6.08 Å². The molecule has 1 aromatic carbocycles. The van der Waals surface area contributed by atoms with E-state index in [0.717, 1.165) is 15.6 Å². The molecule has 13 heavy (non-hydrogen) atoms. The lowest BCUT2D eigenvalue weighted by molar-refractivity contribution is -0.114. The summed E-state index contributed by atoms with van der Waals surface area (Å²) in [5, 5.41) is 0. The zero-order valence-corrected chi connectivity index (χ0v) is 9.85. The molecule has 66 valence electrons. The van der Waals surface area contributed by atoms with Gasteiger partial charge < -0.3 is 0 Å². The first kappa shape index (κ1) is 9.16.